The number of carbonyl (C=O) groups excluding carboxylic acids is 4. The molecule has 332 valence electrons. The number of aromatic nitrogens is 4. The first kappa shape index (κ1) is 43.5. The van der Waals surface area contributed by atoms with Crippen molar-refractivity contribution < 1.29 is 28.7 Å². The number of hydrogen-bond acceptors (Lipinski definition) is 9. The van der Waals surface area contributed by atoms with Gasteiger partial charge >= 0.3 is 12.2 Å². The summed E-state index contributed by atoms with van der Waals surface area (Å²) in [6, 6.07) is 7.18. The predicted octanol–water partition coefficient (Wildman–Crippen LogP) is 8.68. The van der Waals surface area contributed by atoms with Crippen molar-refractivity contribution >= 4 is 35.3 Å². The molecule has 4 aromatic rings. The molecule has 15 heteroatoms. The monoisotopic (exact) mass is 866 g/mol. The molecule has 0 radical (unpaired) electrons. The highest BCUT2D eigenvalue weighted by Crippen LogP contribution is 2.56. The summed E-state index contributed by atoms with van der Waals surface area (Å²) in [5.74, 6) is 1.79. The number of thiophene rings is 1. The molecule has 0 unspecified atom stereocenters. The highest BCUT2D eigenvalue weighted by molar-refractivity contribution is 7.18. The standard InChI is InChI=1S/C47H62N8O6S/c1-26(2)39(52-45(58)60-6)43(56)54-22-8-10-34(54)41-48-24-32(50-41)29-12-13-31(38-30(29)18-21-47(38)19-16-28(5)17-20-47)36-14-15-37(62-36)33-25-49-42(51-33)35-11-9-23-55(35)44(57)40(27(3)4)53-46(59)61-7/h12-15,24-28,34-35,39-40H,8-11,16-23H2,1-7H3,(H,48,50)(H,49,51)(H,52,58)(H,53,59)/t28?,34-,35-,39-,40-,47?/m0/s1. The molecule has 2 saturated heterocycles. The van der Waals surface area contributed by atoms with Gasteiger partial charge in [0.15, 0.2) is 0 Å². The molecule has 2 aliphatic heterocycles. The number of aromatic amines is 2. The van der Waals surface area contributed by atoms with Crippen molar-refractivity contribution in [1.29, 1.82) is 0 Å². The second-order valence-electron chi connectivity index (χ2n) is 18.6. The van der Waals surface area contributed by atoms with Crippen LogP contribution in [-0.4, -0.2) is 93.1 Å². The van der Waals surface area contributed by atoms with Crippen LogP contribution in [0.4, 0.5) is 9.59 Å². The van der Waals surface area contributed by atoms with Crippen molar-refractivity contribution in [3.8, 4) is 32.3 Å². The number of ether oxygens (including phenoxy) is 2. The Hall–Kier alpha value is -5.18. The van der Waals surface area contributed by atoms with Crippen LogP contribution < -0.4 is 10.6 Å². The molecule has 3 fully saturated rings. The third-order valence-corrected chi connectivity index (χ3v) is 15.2. The Balaban J connectivity index is 1.07. The smallest absolute Gasteiger partial charge is 0.407 e. The molecule has 4 amide bonds. The number of H-pyrrole nitrogens is 2. The largest absolute Gasteiger partial charge is 0.453 e. The summed E-state index contributed by atoms with van der Waals surface area (Å²) in [5.41, 5.74) is 7.33. The first-order chi connectivity index (χ1) is 29.8. The molecule has 0 bridgehead atoms. The van der Waals surface area contributed by atoms with Gasteiger partial charge in [0.2, 0.25) is 11.8 Å². The highest BCUT2D eigenvalue weighted by Gasteiger charge is 2.45. The van der Waals surface area contributed by atoms with Gasteiger partial charge < -0.3 is 39.9 Å². The van der Waals surface area contributed by atoms with Gasteiger partial charge in [-0.1, -0.05) is 46.8 Å². The van der Waals surface area contributed by atoms with Crippen LogP contribution in [0.3, 0.4) is 0 Å². The van der Waals surface area contributed by atoms with Crippen LogP contribution in [-0.2, 0) is 30.9 Å². The van der Waals surface area contributed by atoms with Crippen LogP contribution in [0.1, 0.15) is 127 Å². The Morgan fingerprint density at radius 1 is 0.726 bits per heavy atom. The number of likely N-dealkylation sites (tertiary alicyclic amines) is 2. The van der Waals surface area contributed by atoms with E-state index in [4.69, 9.17) is 19.4 Å². The second kappa shape index (κ2) is 17.9. The normalized spacial score (nSPS) is 23.2. The minimum atomic E-state index is -0.690. The summed E-state index contributed by atoms with van der Waals surface area (Å²) in [5, 5.41) is 5.49. The quantitative estimate of drug-likeness (QED) is 0.116. The third-order valence-electron chi connectivity index (χ3n) is 14.0. The van der Waals surface area contributed by atoms with E-state index in [9.17, 15) is 19.2 Å². The first-order valence-corrected chi connectivity index (χ1v) is 23.3. The lowest BCUT2D eigenvalue weighted by molar-refractivity contribution is -0.136. The summed E-state index contributed by atoms with van der Waals surface area (Å²) in [6.07, 6.45) is 12.8. The number of amides is 4. The van der Waals surface area contributed by atoms with Gasteiger partial charge in [-0.3, -0.25) is 9.59 Å². The van der Waals surface area contributed by atoms with Crippen molar-refractivity contribution in [3.63, 3.8) is 0 Å². The lowest BCUT2D eigenvalue weighted by Crippen LogP contribution is -2.51. The third kappa shape index (κ3) is 8.24. The molecule has 1 spiro atoms. The molecular weight excluding hydrogens is 805 g/mol. The van der Waals surface area contributed by atoms with Crippen molar-refractivity contribution in [2.45, 2.75) is 128 Å². The van der Waals surface area contributed by atoms with E-state index in [-0.39, 0.29) is 41.1 Å². The van der Waals surface area contributed by atoms with E-state index in [0.717, 1.165) is 72.4 Å². The van der Waals surface area contributed by atoms with Crippen LogP contribution in [0.2, 0.25) is 0 Å². The lowest BCUT2D eigenvalue weighted by atomic mass is 9.66. The average molecular weight is 867 g/mol. The number of fused-ring (bicyclic) bond motifs is 2. The number of alkyl carbamates (subject to hydrolysis) is 2. The maximum Gasteiger partial charge on any atom is 0.407 e. The van der Waals surface area contributed by atoms with Crippen molar-refractivity contribution in [1.82, 2.24) is 40.4 Å². The van der Waals surface area contributed by atoms with E-state index in [1.807, 2.05) is 49.9 Å². The Kier molecular flexibility index (Phi) is 12.5. The molecule has 62 heavy (non-hydrogen) atoms. The predicted molar refractivity (Wildman–Crippen MR) is 238 cm³/mol. The van der Waals surface area contributed by atoms with Gasteiger partial charge in [0.05, 0.1) is 55.0 Å². The molecule has 1 aromatic carbocycles. The zero-order valence-corrected chi connectivity index (χ0v) is 38.0. The van der Waals surface area contributed by atoms with E-state index >= 15 is 0 Å². The lowest BCUT2D eigenvalue weighted by Gasteiger charge is -2.38. The molecular formula is C47H62N8O6S. The molecule has 14 nitrogen and oxygen atoms in total. The van der Waals surface area contributed by atoms with Gasteiger partial charge in [0, 0.05) is 23.5 Å². The maximum atomic E-state index is 13.9. The highest BCUT2D eigenvalue weighted by atomic mass is 32.1. The van der Waals surface area contributed by atoms with Crippen LogP contribution >= 0.6 is 11.3 Å². The van der Waals surface area contributed by atoms with E-state index in [1.54, 1.807) is 11.3 Å². The maximum absolute atomic E-state index is 13.9. The van der Waals surface area contributed by atoms with Gasteiger partial charge in [-0.15, -0.1) is 11.3 Å². The number of imidazole rings is 2. The van der Waals surface area contributed by atoms with Crippen LogP contribution in [0.25, 0.3) is 32.3 Å². The topological polar surface area (TPSA) is 175 Å². The fraction of sp³-hybridized carbons (Fsp3) is 0.574. The molecule has 4 N–H and O–H groups in total. The molecule has 3 aromatic heterocycles. The summed E-state index contributed by atoms with van der Waals surface area (Å²) < 4.78 is 9.65. The van der Waals surface area contributed by atoms with E-state index in [1.165, 1.54) is 67.0 Å². The van der Waals surface area contributed by atoms with E-state index in [0.29, 0.717) is 13.1 Å². The van der Waals surface area contributed by atoms with Crippen LogP contribution in [0.15, 0.2) is 36.7 Å². The molecule has 4 aliphatic rings. The molecule has 1 saturated carbocycles. The summed E-state index contributed by atoms with van der Waals surface area (Å²) in [4.78, 5) is 74.9. The fourth-order valence-corrected chi connectivity index (χ4v) is 11.6. The van der Waals surface area contributed by atoms with Crippen molar-refractivity contribution in [2.75, 3.05) is 27.3 Å². The minimum absolute atomic E-state index is 0.106. The Labute approximate surface area is 368 Å². The Morgan fingerprint density at radius 2 is 1.24 bits per heavy atom. The van der Waals surface area contributed by atoms with Gasteiger partial charge in [0.25, 0.3) is 0 Å². The molecule has 4 atom stereocenters. The van der Waals surface area contributed by atoms with Gasteiger partial charge in [-0.2, -0.15) is 0 Å². The summed E-state index contributed by atoms with van der Waals surface area (Å²) in [7, 11) is 2.61. The summed E-state index contributed by atoms with van der Waals surface area (Å²) in [6.45, 7) is 11.3. The second-order valence-corrected chi connectivity index (χ2v) is 19.7. The first-order valence-electron chi connectivity index (χ1n) is 22.5. The van der Waals surface area contributed by atoms with Crippen LogP contribution in [0.5, 0.6) is 0 Å². The van der Waals surface area contributed by atoms with E-state index < -0.39 is 24.3 Å². The number of nitrogens with one attached hydrogen (secondary N) is 4. The molecule has 8 rings (SSSR count). The minimum Gasteiger partial charge on any atom is -0.453 e. The fourth-order valence-electron chi connectivity index (χ4n) is 10.6. The van der Waals surface area contributed by atoms with Crippen LogP contribution in [0, 0.1) is 17.8 Å². The number of benzene rings is 1. The van der Waals surface area contributed by atoms with Crippen molar-refractivity contribution in [2.24, 2.45) is 17.8 Å². The summed E-state index contributed by atoms with van der Waals surface area (Å²) >= 11 is 1.76. The number of nitrogens with zero attached hydrogens (tertiary/aromatic N) is 4. The number of hydrogen-bond donors (Lipinski definition) is 4. The Bertz CT molecular complexity index is 2290. The number of methoxy groups -OCH3 is 2. The zero-order valence-electron chi connectivity index (χ0n) is 37.1. The van der Waals surface area contributed by atoms with E-state index in [2.05, 4.69) is 51.8 Å². The van der Waals surface area contributed by atoms with Gasteiger partial charge in [-0.25, -0.2) is 19.6 Å². The van der Waals surface area contributed by atoms with Crippen molar-refractivity contribution in [3.05, 3.63) is 59.4 Å². The molecule has 2 aliphatic carbocycles. The van der Waals surface area contributed by atoms with Gasteiger partial charge in [0.1, 0.15) is 23.7 Å². The Morgan fingerprint density at radius 3 is 1.79 bits per heavy atom. The van der Waals surface area contributed by atoms with Gasteiger partial charge in [-0.05, 0) is 116 Å². The number of rotatable bonds is 11. The zero-order chi connectivity index (χ0) is 43.9. The SMILES string of the molecule is COC(=O)N[C@H](C(=O)N1CCC[C@H]1c1ncc(-c2ccc(-c3ccc(-c4cnc([C@@H]5CCCN5C(=O)[C@@H](NC(=O)OC)C(C)C)[nH]4)c4c3C3(CC4)CCC(C)CC3)s2)[nH]1)C(C)C. The number of carbonyl (C=O) groups is 4. The molecule has 5 heterocycles. The average Bonchev–Trinajstić information content (AvgIpc) is 4.13.